The molecule has 8 nitrogen and oxygen atoms in total. The van der Waals surface area contributed by atoms with Crippen molar-refractivity contribution in [2.45, 2.75) is 25.4 Å². The number of nitrogens with one attached hydrogen (secondary N) is 1. The largest absolute Gasteiger partial charge is 0.479 e. The highest BCUT2D eigenvalue weighted by atomic mass is 16.4. The summed E-state index contributed by atoms with van der Waals surface area (Å²) < 4.78 is 0. The van der Waals surface area contributed by atoms with Crippen molar-refractivity contribution >= 4 is 17.9 Å². The Balaban J connectivity index is 2.33. The first kappa shape index (κ1) is 15.2. The van der Waals surface area contributed by atoms with Gasteiger partial charge < -0.3 is 26.2 Å². The van der Waals surface area contributed by atoms with Crippen LogP contribution in [0.15, 0.2) is 0 Å². The summed E-state index contributed by atoms with van der Waals surface area (Å²) in [4.78, 5) is 34.6. The van der Waals surface area contributed by atoms with Crippen LogP contribution in [0.4, 0.5) is 4.79 Å². The number of hydrogen-bond donors (Lipinski definition) is 4. The van der Waals surface area contributed by atoms with Crippen LogP contribution in [-0.2, 0) is 9.59 Å². The molecule has 5 N–H and O–H groups in total. The van der Waals surface area contributed by atoms with Crippen molar-refractivity contribution in [1.29, 1.82) is 0 Å². The van der Waals surface area contributed by atoms with E-state index in [1.54, 1.807) is 0 Å². The number of aliphatic hydroxyl groups is 1. The first-order chi connectivity index (χ1) is 8.91. The van der Waals surface area contributed by atoms with Gasteiger partial charge in [-0.15, -0.1) is 0 Å². The Hall–Kier alpha value is -1.83. The summed E-state index contributed by atoms with van der Waals surface area (Å²) in [5, 5.41) is 20.1. The highest BCUT2D eigenvalue weighted by molar-refractivity contribution is 5.80. The lowest BCUT2D eigenvalue weighted by atomic mass is 9.97. The van der Waals surface area contributed by atoms with Gasteiger partial charge in [0.05, 0.1) is 5.92 Å². The maximum absolute atomic E-state index is 11.8. The Bertz CT molecular complexity index is 360. The molecule has 108 valence electrons. The molecule has 8 heteroatoms. The summed E-state index contributed by atoms with van der Waals surface area (Å²) in [5.74, 6) is -1.89. The van der Waals surface area contributed by atoms with Gasteiger partial charge in [0.15, 0.2) is 6.10 Å². The van der Waals surface area contributed by atoms with Crippen LogP contribution in [-0.4, -0.2) is 58.8 Å². The minimum absolute atomic E-state index is 0.0483. The van der Waals surface area contributed by atoms with Crippen molar-refractivity contribution in [3.8, 4) is 0 Å². The maximum Gasteiger partial charge on any atom is 0.332 e. The van der Waals surface area contributed by atoms with Crippen LogP contribution in [0.3, 0.4) is 0 Å². The Morgan fingerprint density at radius 3 is 2.68 bits per heavy atom. The van der Waals surface area contributed by atoms with E-state index in [2.05, 4.69) is 5.32 Å². The lowest BCUT2D eigenvalue weighted by Crippen LogP contribution is -2.47. The molecule has 0 aromatic heterocycles. The molecule has 0 aliphatic carbocycles. The predicted octanol–water partition coefficient (Wildman–Crippen LogP) is -1.27. The first-order valence-corrected chi connectivity index (χ1v) is 6.14. The first-order valence-electron chi connectivity index (χ1n) is 6.14. The van der Waals surface area contributed by atoms with Gasteiger partial charge in [-0.25, -0.2) is 9.59 Å². The van der Waals surface area contributed by atoms with E-state index in [1.165, 1.54) is 4.90 Å². The topological polar surface area (TPSA) is 133 Å². The monoisotopic (exact) mass is 273 g/mol. The molecule has 2 atom stereocenters. The van der Waals surface area contributed by atoms with Crippen molar-refractivity contribution in [1.82, 2.24) is 10.2 Å². The van der Waals surface area contributed by atoms with Gasteiger partial charge in [-0.3, -0.25) is 4.79 Å². The number of hydrogen-bond acceptors (Lipinski definition) is 4. The number of carbonyl (C=O) groups excluding carboxylic acids is 2. The minimum Gasteiger partial charge on any atom is -0.479 e. The number of rotatable bonds is 5. The van der Waals surface area contributed by atoms with Crippen LogP contribution in [0.5, 0.6) is 0 Å². The molecule has 0 radical (unpaired) electrons. The average molecular weight is 273 g/mol. The molecule has 3 amide bonds. The fourth-order valence-corrected chi connectivity index (χ4v) is 1.99. The molecule has 1 saturated heterocycles. The third kappa shape index (κ3) is 4.74. The Labute approximate surface area is 110 Å². The number of urea groups is 1. The third-order valence-electron chi connectivity index (χ3n) is 3.11. The molecule has 1 heterocycles. The molecule has 1 aliphatic rings. The van der Waals surface area contributed by atoms with Gasteiger partial charge in [0.25, 0.3) is 0 Å². The van der Waals surface area contributed by atoms with Gasteiger partial charge in [-0.05, 0) is 12.8 Å². The number of primary amides is 1. The number of aliphatic carboxylic acids is 1. The van der Waals surface area contributed by atoms with Gasteiger partial charge in [-0.2, -0.15) is 0 Å². The second-order valence-corrected chi connectivity index (χ2v) is 4.56. The van der Waals surface area contributed by atoms with E-state index >= 15 is 0 Å². The fourth-order valence-electron chi connectivity index (χ4n) is 1.99. The van der Waals surface area contributed by atoms with Crippen LogP contribution in [0.25, 0.3) is 0 Å². The Kier molecular flexibility index (Phi) is 5.56. The number of amides is 3. The summed E-state index contributed by atoms with van der Waals surface area (Å²) in [6.45, 7) is 0.916. The number of piperidine rings is 1. The van der Waals surface area contributed by atoms with Crippen LogP contribution in [0.1, 0.15) is 19.3 Å². The molecule has 0 saturated carbocycles. The molecule has 0 aromatic carbocycles. The van der Waals surface area contributed by atoms with Gasteiger partial charge in [0.1, 0.15) is 0 Å². The van der Waals surface area contributed by atoms with E-state index in [0.29, 0.717) is 19.4 Å². The number of carbonyl (C=O) groups is 3. The van der Waals surface area contributed by atoms with Crippen molar-refractivity contribution in [2.24, 2.45) is 11.7 Å². The van der Waals surface area contributed by atoms with Crippen LogP contribution in [0.2, 0.25) is 0 Å². The minimum atomic E-state index is -1.48. The van der Waals surface area contributed by atoms with Crippen LogP contribution in [0, 0.1) is 5.92 Å². The van der Waals surface area contributed by atoms with E-state index in [1.807, 2.05) is 0 Å². The normalized spacial score (nSPS) is 20.7. The molecule has 1 rings (SSSR count). The van der Waals surface area contributed by atoms with Crippen molar-refractivity contribution < 1.29 is 24.6 Å². The average Bonchev–Trinajstić information content (AvgIpc) is 2.38. The van der Waals surface area contributed by atoms with Gasteiger partial charge in [0, 0.05) is 26.1 Å². The lowest BCUT2D eigenvalue weighted by molar-refractivity contribution is -0.147. The van der Waals surface area contributed by atoms with Gasteiger partial charge in [-0.1, -0.05) is 0 Å². The third-order valence-corrected chi connectivity index (χ3v) is 3.11. The van der Waals surface area contributed by atoms with E-state index in [4.69, 9.17) is 15.9 Å². The SMILES string of the molecule is NC(=O)N1CCCC(C(=O)NCC[C@H](O)C(=O)O)C1. The van der Waals surface area contributed by atoms with Crippen LogP contribution >= 0.6 is 0 Å². The molecular formula is C11H19N3O5. The summed E-state index contributed by atoms with van der Waals surface area (Å²) in [7, 11) is 0. The molecule has 1 fully saturated rings. The second-order valence-electron chi connectivity index (χ2n) is 4.56. The number of carboxylic acid groups (broad SMARTS) is 1. The predicted molar refractivity (Wildman–Crippen MR) is 65.1 cm³/mol. The van der Waals surface area contributed by atoms with E-state index in [0.717, 1.165) is 0 Å². The number of carboxylic acids is 1. The summed E-state index contributed by atoms with van der Waals surface area (Å²) in [6, 6.07) is -0.543. The quantitative estimate of drug-likeness (QED) is 0.495. The van der Waals surface area contributed by atoms with Crippen molar-refractivity contribution in [3.63, 3.8) is 0 Å². The number of nitrogens with zero attached hydrogens (tertiary/aromatic N) is 1. The molecular weight excluding hydrogens is 254 g/mol. The zero-order valence-electron chi connectivity index (χ0n) is 10.5. The van der Waals surface area contributed by atoms with Crippen molar-refractivity contribution in [2.75, 3.05) is 19.6 Å². The number of aliphatic hydroxyl groups excluding tert-OH is 1. The lowest BCUT2D eigenvalue weighted by Gasteiger charge is -2.30. The zero-order valence-corrected chi connectivity index (χ0v) is 10.5. The molecule has 0 bridgehead atoms. The molecule has 1 aliphatic heterocycles. The highest BCUT2D eigenvalue weighted by Crippen LogP contribution is 2.16. The highest BCUT2D eigenvalue weighted by Gasteiger charge is 2.27. The standard InChI is InChI=1S/C11H19N3O5/c12-11(19)14-5-1-2-7(6-14)9(16)13-4-3-8(15)10(17)18/h7-8,15H,1-6H2,(H2,12,19)(H,13,16)(H,17,18)/t7?,8-/m0/s1. The van der Waals surface area contributed by atoms with E-state index in [-0.39, 0.29) is 31.3 Å². The molecule has 19 heavy (non-hydrogen) atoms. The summed E-state index contributed by atoms with van der Waals surface area (Å²) >= 11 is 0. The summed E-state index contributed by atoms with van der Waals surface area (Å²) in [5.41, 5.74) is 5.16. The molecule has 0 spiro atoms. The van der Waals surface area contributed by atoms with Crippen LogP contribution < -0.4 is 11.1 Å². The summed E-state index contributed by atoms with van der Waals surface area (Å²) in [6.07, 6.45) is -0.155. The van der Waals surface area contributed by atoms with Crippen molar-refractivity contribution in [3.05, 3.63) is 0 Å². The fraction of sp³-hybridized carbons (Fsp3) is 0.727. The molecule has 1 unspecified atom stereocenters. The van der Waals surface area contributed by atoms with Gasteiger partial charge >= 0.3 is 12.0 Å². The molecule has 0 aromatic rings. The number of nitrogens with two attached hydrogens (primary N) is 1. The Morgan fingerprint density at radius 1 is 1.42 bits per heavy atom. The van der Waals surface area contributed by atoms with E-state index < -0.39 is 18.1 Å². The zero-order chi connectivity index (χ0) is 14.4. The maximum atomic E-state index is 11.8. The second kappa shape index (κ2) is 6.93. The Morgan fingerprint density at radius 2 is 2.11 bits per heavy atom. The smallest absolute Gasteiger partial charge is 0.332 e. The van der Waals surface area contributed by atoms with Gasteiger partial charge in [0.2, 0.25) is 5.91 Å². The number of likely N-dealkylation sites (tertiary alicyclic amines) is 1. The van der Waals surface area contributed by atoms with E-state index in [9.17, 15) is 14.4 Å².